The largest absolute Gasteiger partial charge is 0.456 e. The van der Waals surface area contributed by atoms with Gasteiger partial charge in [0, 0.05) is 5.69 Å². The quantitative estimate of drug-likeness (QED) is 0.880. The fourth-order valence-corrected chi connectivity index (χ4v) is 1.53. The molecule has 0 aliphatic carbocycles. The molecular weight excluding hydrogens is 244 g/mol. The third-order valence-corrected chi connectivity index (χ3v) is 2.43. The molecule has 0 atom stereocenters. The molecule has 0 spiro atoms. The van der Waals surface area contributed by atoms with Gasteiger partial charge in [-0.15, -0.1) is 0 Å². The first-order valence-corrected chi connectivity index (χ1v) is 5.84. The van der Waals surface area contributed by atoms with Crippen LogP contribution < -0.4 is 10.6 Å². The Kier molecular flexibility index (Phi) is 3.97. The van der Waals surface area contributed by atoms with Crippen LogP contribution in [0.3, 0.4) is 0 Å². The number of amides is 2. The molecule has 0 fully saturated rings. The summed E-state index contributed by atoms with van der Waals surface area (Å²) in [5.74, 6) is 0.156. The van der Waals surface area contributed by atoms with Crippen molar-refractivity contribution in [3.63, 3.8) is 0 Å². The van der Waals surface area contributed by atoms with Gasteiger partial charge in [0.1, 0.15) is 5.76 Å². The lowest BCUT2D eigenvalue weighted by atomic mass is 10.3. The molecule has 0 radical (unpaired) electrons. The Balaban J connectivity index is 1.82. The zero-order valence-electron chi connectivity index (χ0n) is 10.5. The Bertz CT molecular complexity index is 575. The highest BCUT2D eigenvalue weighted by Crippen LogP contribution is 2.06. The minimum atomic E-state index is -0.406. The third-order valence-electron chi connectivity index (χ3n) is 2.43. The topological polar surface area (TPSA) is 71.3 Å². The first-order chi connectivity index (χ1) is 9.15. The molecule has 1 heterocycles. The minimum absolute atomic E-state index is 0.104. The Labute approximate surface area is 110 Å². The SMILES string of the molecule is Cc1ccc(C(=O)NCC(=O)Nc2ccccc2)o1. The highest BCUT2D eigenvalue weighted by atomic mass is 16.3. The van der Waals surface area contributed by atoms with E-state index in [1.807, 2.05) is 18.2 Å². The first kappa shape index (κ1) is 12.9. The van der Waals surface area contributed by atoms with Gasteiger partial charge in [0.25, 0.3) is 5.91 Å². The summed E-state index contributed by atoms with van der Waals surface area (Å²) in [6, 6.07) is 12.3. The zero-order valence-corrected chi connectivity index (χ0v) is 10.5. The molecule has 0 unspecified atom stereocenters. The summed E-state index contributed by atoms with van der Waals surface area (Å²) in [6.07, 6.45) is 0. The molecule has 98 valence electrons. The van der Waals surface area contributed by atoms with E-state index in [2.05, 4.69) is 10.6 Å². The Hall–Kier alpha value is -2.56. The number of furan rings is 1. The number of aryl methyl sites for hydroxylation is 1. The lowest BCUT2D eigenvalue weighted by molar-refractivity contribution is -0.115. The second kappa shape index (κ2) is 5.86. The van der Waals surface area contributed by atoms with Crippen LogP contribution in [0.15, 0.2) is 46.9 Å². The molecule has 0 aliphatic rings. The minimum Gasteiger partial charge on any atom is -0.456 e. The summed E-state index contributed by atoms with van der Waals surface area (Å²) >= 11 is 0. The van der Waals surface area contributed by atoms with Crippen LogP contribution in [0.4, 0.5) is 5.69 Å². The van der Waals surface area contributed by atoms with Gasteiger partial charge >= 0.3 is 0 Å². The molecular formula is C14H14N2O3. The van der Waals surface area contributed by atoms with Gasteiger partial charge in [-0.1, -0.05) is 18.2 Å². The second-order valence-electron chi connectivity index (χ2n) is 4.01. The molecule has 5 nitrogen and oxygen atoms in total. The number of hydrogen-bond donors (Lipinski definition) is 2. The smallest absolute Gasteiger partial charge is 0.287 e. The van der Waals surface area contributed by atoms with Crippen LogP contribution >= 0.6 is 0 Å². The maximum absolute atomic E-state index is 11.6. The van der Waals surface area contributed by atoms with Gasteiger partial charge in [0.2, 0.25) is 5.91 Å². The van der Waals surface area contributed by atoms with Crippen molar-refractivity contribution in [2.24, 2.45) is 0 Å². The predicted octanol–water partition coefficient (Wildman–Crippen LogP) is 1.96. The van der Waals surface area contributed by atoms with Crippen LogP contribution in [-0.4, -0.2) is 18.4 Å². The van der Waals surface area contributed by atoms with Gasteiger partial charge < -0.3 is 15.1 Å². The average molecular weight is 258 g/mol. The molecule has 1 aromatic carbocycles. The van der Waals surface area contributed by atoms with Gasteiger partial charge in [0.05, 0.1) is 6.54 Å². The van der Waals surface area contributed by atoms with Crippen molar-refractivity contribution < 1.29 is 14.0 Å². The summed E-state index contributed by atoms with van der Waals surface area (Å²) in [5.41, 5.74) is 0.690. The molecule has 0 saturated heterocycles. The molecule has 2 aromatic rings. The first-order valence-electron chi connectivity index (χ1n) is 5.84. The van der Waals surface area contributed by atoms with Crippen LogP contribution in [0.2, 0.25) is 0 Å². The third kappa shape index (κ3) is 3.70. The van der Waals surface area contributed by atoms with E-state index in [-0.39, 0.29) is 18.2 Å². The van der Waals surface area contributed by atoms with E-state index >= 15 is 0 Å². The maximum atomic E-state index is 11.6. The summed E-state index contributed by atoms with van der Waals surface area (Å²) < 4.78 is 5.15. The number of hydrogen-bond acceptors (Lipinski definition) is 3. The molecule has 2 amide bonds. The molecule has 19 heavy (non-hydrogen) atoms. The molecule has 0 bridgehead atoms. The van der Waals surface area contributed by atoms with Crippen molar-refractivity contribution in [3.05, 3.63) is 54.0 Å². The van der Waals surface area contributed by atoms with Crippen LogP contribution in [0.1, 0.15) is 16.3 Å². The lowest BCUT2D eigenvalue weighted by Gasteiger charge is -2.05. The molecule has 2 N–H and O–H groups in total. The second-order valence-corrected chi connectivity index (χ2v) is 4.01. The summed E-state index contributed by atoms with van der Waals surface area (Å²) in [4.78, 5) is 23.2. The van der Waals surface area contributed by atoms with E-state index in [1.54, 1.807) is 31.2 Å². The van der Waals surface area contributed by atoms with Crippen LogP contribution in [0.25, 0.3) is 0 Å². The Morgan fingerprint density at radius 1 is 1.11 bits per heavy atom. The fraction of sp³-hybridized carbons (Fsp3) is 0.143. The van der Waals surface area contributed by atoms with Gasteiger partial charge in [-0.25, -0.2) is 0 Å². The summed E-state index contributed by atoms with van der Waals surface area (Å²) in [6.45, 7) is 1.65. The Morgan fingerprint density at radius 3 is 2.47 bits per heavy atom. The van der Waals surface area contributed by atoms with E-state index in [9.17, 15) is 9.59 Å². The van der Waals surface area contributed by atoms with Gasteiger partial charge in [-0.3, -0.25) is 9.59 Å². The predicted molar refractivity (Wildman–Crippen MR) is 70.8 cm³/mol. The number of benzene rings is 1. The van der Waals surface area contributed by atoms with Crippen molar-refractivity contribution in [3.8, 4) is 0 Å². The van der Waals surface area contributed by atoms with Gasteiger partial charge in [0.15, 0.2) is 5.76 Å². The summed E-state index contributed by atoms with van der Waals surface area (Å²) in [7, 11) is 0. The standard InChI is InChI=1S/C14H14N2O3/c1-10-7-8-12(19-10)14(18)15-9-13(17)16-11-5-3-2-4-6-11/h2-8H,9H2,1H3,(H,15,18)(H,16,17). The molecule has 0 saturated carbocycles. The van der Waals surface area contributed by atoms with Gasteiger partial charge in [-0.2, -0.15) is 0 Å². The van der Waals surface area contributed by atoms with Crippen molar-refractivity contribution >= 4 is 17.5 Å². The van der Waals surface area contributed by atoms with Crippen LogP contribution in [0, 0.1) is 6.92 Å². The van der Waals surface area contributed by atoms with Crippen molar-refractivity contribution in [1.29, 1.82) is 0 Å². The number of rotatable bonds is 4. The lowest BCUT2D eigenvalue weighted by Crippen LogP contribution is -2.32. The zero-order chi connectivity index (χ0) is 13.7. The van der Waals surface area contributed by atoms with Crippen LogP contribution in [0.5, 0.6) is 0 Å². The van der Waals surface area contributed by atoms with E-state index < -0.39 is 5.91 Å². The number of nitrogens with one attached hydrogen (secondary N) is 2. The molecule has 2 rings (SSSR count). The highest BCUT2D eigenvalue weighted by Gasteiger charge is 2.11. The number of carbonyl (C=O) groups excluding carboxylic acids is 2. The number of para-hydroxylation sites is 1. The normalized spacial score (nSPS) is 9.95. The highest BCUT2D eigenvalue weighted by molar-refractivity contribution is 5.97. The Morgan fingerprint density at radius 2 is 1.84 bits per heavy atom. The van der Waals surface area contributed by atoms with Crippen molar-refractivity contribution in [2.75, 3.05) is 11.9 Å². The number of carbonyl (C=O) groups is 2. The van der Waals surface area contributed by atoms with E-state index in [1.165, 1.54) is 0 Å². The average Bonchev–Trinajstić information content (AvgIpc) is 2.84. The van der Waals surface area contributed by atoms with Crippen molar-refractivity contribution in [1.82, 2.24) is 5.32 Å². The maximum Gasteiger partial charge on any atom is 0.287 e. The fourth-order valence-electron chi connectivity index (χ4n) is 1.53. The number of anilines is 1. The van der Waals surface area contributed by atoms with Crippen LogP contribution in [-0.2, 0) is 4.79 Å². The van der Waals surface area contributed by atoms with Crippen molar-refractivity contribution in [2.45, 2.75) is 6.92 Å². The molecule has 0 aliphatic heterocycles. The molecule has 5 heteroatoms. The monoisotopic (exact) mass is 258 g/mol. The summed E-state index contributed by atoms with van der Waals surface area (Å²) in [5, 5.41) is 5.16. The van der Waals surface area contributed by atoms with E-state index in [0.29, 0.717) is 11.4 Å². The van der Waals surface area contributed by atoms with Gasteiger partial charge in [-0.05, 0) is 31.2 Å². The molecule has 1 aromatic heterocycles. The van der Waals surface area contributed by atoms with E-state index in [4.69, 9.17) is 4.42 Å². The van der Waals surface area contributed by atoms with E-state index in [0.717, 1.165) is 0 Å².